The van der Waals surface area contributed by atoms with E-state index in [1.165, 1.54) is 4.57 Å². The van der Waals surface area contributed by atoms with Crippen LogP contribution in [0.4, 0.5) is 5.95 Å². The summed E-state index contributed by atoms with van der Waals surface area (Å²) in [5.74, 6) is -0.134. The van der Waals surface area contributed by atoms with E-state index >= 15 is 0 Å². The first kappa shape index (κ1) is 16.1. The van der Waals surface area contributed by atoms with E-state index < -0.39 is 37.9 Å². The number of rotatable bonds is 1. The van der Waals surface area contributed by atoms with Crippen LogP contribution in [0, 0.1) is 0 Å². The van der Waals surface area contributed by atoms with Crippen LogP contribution in [0.5, 0.6) is 0 Å². The molecule has 4 rings (SSSR count). The third-order valence-electron chi connectivity index (χ3n) is 3.75. The summed E-state index contributed by atoms with van der Waals surface area (Å²) in [5, 5.41) is 10.5. The number of H-pyrrole nitrogens is 1. The number of nitrogens with zero attached hydrogens (tertiary/aromatic N) is 3. The zero-order valence-electron chi connectivity index (χ0n) is 11.7. The smallest absolute Gasteiger partial charge is 0.386 e. The molecule has 0 radical (unpaired) electrons. The topological polar surface area (TPSA) is 175 Å². The normalized spacial score (nSPS) is 36.1. The van der Waals surface area contributed by atoms with Gasteiger partial charge < -0.3 is 20.5 Å². The number of halogens is 1. The molecule has 4 heterocycles. The molecule has 2 aliphatic heterocycles. The SMILES string of the molecule is Nc1nc2c(nc(Br)n2C2O[C@H]3COP(=O)(O)O[C@@H]3[C@@H]2O)c(=O)[nH]1. The Kier molecular flexibility index (Phi) is 3.58. The van der Waals surface area contributed by atoms with Gasteiger partial charge in [-0.1, -0.05) is 0 Å². The molecule has 5 atom stereocenters. The van der Waals surface area contributed by atoms with Crippen molar-refractivity contribution in [2.24, 2.45) is 0 Å². The van der Waals surface area contributed by atoms with Crippen molar-refractivity contribution in [3.8, 4) is 0 Å². The molecule has 14 heteroatoms. The number of hydrogen-bond acceptors (Lipinski definition) is 9. The Balaban J connectivity index is 1.80. The number of nitrogens with one attached hydrogen (secondary N) is 1. The van der Waals surface area contributed by atoms with Crippen molar-refractivity contribution >= 4 is 40.9 Å². The molecule has 2 aromatic heterocycles. The molecule has 2 aromatic rings. The van der Waals surface area contributed by atoms with Gasteiger partial charge in [0.1, 0.15) is 18.3 Å². The molecular formula is C10H11BrN5O7P. The van der Waals surface area contributed by atoms with Gasteiger partial charge in [0.05, 0.1) is 6.61 Å². The lowest BCUT2D eigenvalue weighted by molar-refractivity contribution is -0.0669. The average Bonchev–Trinajstić information content (AvgIpc) is 2.96. The monoisotopic (exact) mass is 423 g/mol. The second kappa shape index (κ2) is 5.33. The lowest BCUT2D eigenvalue weighted by Gasteiger charge is -2.27. The highest BCUT2D eigenvalue weighted by Crippen LogP contribution is 2.52. The number of aliphatic hydroxyl groups excluding tert-OH is 1. The number of imidazole rings is 1. The number of aromatic amines is 1. The molecule has 2 aliphatic rings. The first-order valence-electron chi connectivity index (χ1n) is 6.69. The molecule has 0 bridgehead atoms. The molecule has 130 valence electrons. The van der Waals surface area contributed by atoms with Gasteiger partial charge in [-0.2, -0.15) is 4.98 Å². The van der Waals surface area contributed by atoms with E-state index in [2.05, 4.69) is 35.4 Å². The minimum atomic E-state index is -4.24. The first-order valence-corrected chi connectivity index (χ1v) is 8.98. The summed E-state index contributed by atoms with van der Waals surface area (Å²) >= 11 is 3.18. The molecule has 0 amide bonds. The highest BCUT2D eigenvalue weighted by Gasteiger charge is 2.53. The highest BCUT2D eigenvalue weighted by molar-refractivity contribution is 9.10. The molecule has 2 saturated heterocycles. The van der Waals surface area contributed by atoms with E-state index in [4.69, 9.17) is 15.0 Å². The number of hydrogen-bond donors (Lipinski definition) is 4. The predicted octanol–water partition coefficient (Wildman–Crippen LogP) is -0.762. The number of aromatic nitrogens is 4. The molecule has 0 aliphatic carbocycles. The van der Waals surface area contributed by atoms with Crippen molar-refractivity contribution in [3.05, 3.63) is 15.1 Å². The van der Waals surface area contributed by atoms with Crippen molar-refractivity contribution in [2.75, 3.05) is 12.3 Å². The number of phosphoric ester groups is 1. The minimum Gasteiger partial charge on any atom is -0.386 e. The minimum absolute atomic E-state index is 0.00764. The van der Waals surface area contributed by atoms with Crippen LogP contribution >= 0.6 is 23.8 Å². The van der Waals surface area contributed by atoms with Crippen LogP contribution in [0.2, 0.25) is 0 Å². The second-order valence-electron chi connectivity index (χ2n) is 5.26. The summed E-state index contributed by atoms with van der Waals surface area (Å²) in [6.07, 6.45) is -4.25. The fraction of sp³-hybridized carbons (Fsp3) is 0.500. The predicted molar refractivity (Wildman–Crippen MR) is 80.8 cm³/mol. The van der Waals surface area contributed by atoms with Crippen LogP contribution in [0.15, 0.2) is 9.53 Å². The third-order valence-corrected chi connectivity index (χ3v) is 5.29. The van der Waals surface area contributed by atoms with Crippen LogP contribution in [-0.2, 0) is 18.3 Å². The molecule has 2 fully saturated rings. The maximum Gasteiger partial charge on any atom is 0.472 e. The molecule has 0 aromatic carbocycles. The standard InChI is InChI=1S/C10H11BrN5O7P/c11-9-13-3-6(14-10(12)15-7(3)18)16(9)8-4(17)5-2(22-8)1-21-24(19,20)23-5/h2,4-5,8,17H,1H2,(H,19,20)(H3,12,14,15,18)/t2-,4-,5-,8?/m0/s1. The van der Waals surface area contributed by atoms with Gasteiger partial charge >= 0.3 is 7.82 Å². The average molecular weight is 424 g/mol. The molecule has 24 heavy (non-hydrogen) atoms. The number of fused-ring (bicyclic) bond motifs is 2. The van der Waals surface area contributed by atoms with Gasteiger partial charge in [-0.05, 0) is 15.9 Å². The van der Waals surface area contributed by atoms with Crippen molar-refractivity contribution in [1.29, 1.82) is 0 Å². The summed E-state index contributed by atoms with van der Waals surface area (Å²) in [4.78, 5) is 31.7. The van der Waals surface area contributed by atoms with Crippen molar-refractivity contribution in [2.45, 2.75) is 24.5 Å². The van der Waals surface area contributed by atoms with Crippen molar-refractivity contribution in [1.82, 2.24) is 19.5 Å². The number of ether oxygens (including phenoxy) is 1. The van der Waals surface area contributed by atoms with Gasteiger partial charge in [-0.15, -0.1) is 0 Å². The Morgan fingerprint density at radius 1 is 1.46 bits per heavy atom. The Morgan fingerprint density at radius 3 is 2.96 bits per heavy atom. The molecular weight excluding hydrogens is 413 g/mol. The van der Waals surface area contributed by atoms with E-state index in [0.29, 0.717) is 0 Å². The molecule has 12 nitrogen and oxygen atoms in total. The summed E-state index contributed by atoms with van der Waals surface area (Å²) in [6.45, 7) is -0.230. The number of aliphatic hydroxyl groups is 1. The van der Waals surface area contributed by atoms with Gasteiger partial charge in [-0.3, -0.25) is 23.4 Å². The summed E-state index contributed by atoms with van der Waals surface area (Å²) in [5.41, 5.74) is 5.07. The van der Waals surface area contributed by atoms with Crippen LogP contribution in [-0.4, -0.2) is 54.4 Å². The van der Waals surface area contributed by atoms with Crippen molar-refractivity contribution < 1.29 is 28.3 Å². The number of anilines is 1. The maximum atomic E-state index is 11.9. The Bertz CT molecular complexity index is 930. The maximum absolute atomic E-state index is 11.9. The van der Waals surface area contributed by atoms with Gasteiger partial charge in [0.25, 0.3) is 5.56 Å². The van der Waals surface area contributed by atoms with E-state index in [9.17, 15) is 19.4 Å². The van der Waals surface area contributed by atoms with E-state index in [1.807, 2.05) is 0 Å². The Morgan fingerprint density at radius 2 is 2.21 bits per heavy atom. The summed E-state index contributed by atoms with van der Waals surface area (Å²) in [6, 6.07) is 0. The molecule has 2 unspecified atom stereocenters. The Labute approximate surface area is 141 Å². The fourth-order valence-electron chi connectivity index (χ4n) is 2.75. The van der Waals surface area contributed by atoms with Gasteiger partial charge in [-0.25, -0.2) is 9.55 Å². The zero-order valence-corrected chi connectivity index (χ0v) is 14.2. The summed E-state index contributed by atoms with van der Waals surface area (Å²) < 4.78 is 28.2. The second-order valence-corrected chi connectivity index (χ2v) is 7.38. The van der Waals surface area contributed by atoms with Gasteiger partial charge in [0, 0.05) is 0 Å². The van der Waals surface area contributed by atoms with Crippen LogP contribution in [0.3, 0.4) is 0 Å². The van der Waals surface area contributed by atoms with E-state index in [-0.39, 0.29) is 28.5 Å². The van der Waals surface area contributed by atoms with Crippen LogP contribution in [0.25, 0.3) is 11.2 Å². The lowest BCUT2D eigenvalue weighted by atomic mass is 10.1. The molecule has 5 N–H and O–H groups in total. The number of phosphoric acid groups is 1. The fourth-order valence-corrected chi connectivity index (χ4v) is 4.26. The highest BCUT2D eigenvalue weighted by atomic mass is 79.9. The summed E-state index contributed by atoms with van der Waals surface area (Å²) in [7, 11) is -4.24. The number of nitrogens with two attached hydrogens (primary N) is 1. The van der Waals surface area contributed by atoms with E-state index in [1.54, 1.807) is 0 Å². The van der Waals surface area contributed by atoms with Crippen molar-refractivity contribution in [3.63, 3.8) is 0 Å². The van der Waals surface area contributed by atoms with Gasteiger partial charge in [0.15, 0.2) is 22.1 Å². The lowest BCUT2D eigenvalue weighted by Crippen LogP contribution is -2.39. The van der Waals surface area contributed by atoms with E-state index in [0.717, 1.165) is 0 Å². The Hall–Kier alpha value is -1.34. The number of nitrogen functional groups attached to an aromatic ring is 1. The first-order chi connectivity index (χ1) is 11.3. The molecule has 0 spiro atoms. The zero-order chi connectivity index (χ0) is 17.2. The van der Waals surface area contributed by atoms with Crippen LogP contribution < -0.4 is 11.3 Å². The third kappa shape index (κ3) is 2.40. The largest absolute Gasteiger partial charge is 0.472 e. The molecule has 0 saturated carbocycles. The van der Waals surface area contributed by atoms with Crippen LogP contribution in [0.1, 0.15) is 6.23 Å². The van der Waals surface area contributed by atoms with Gasteiger partial charge in [0.2, 0.25) is 5.95 Å². The quantitative estimate of drug-likeness (QED) is 0.336.